The smallest absolute Gasteiger partial charge is 0.271 e. The van der Waals surface area contributed by atoms with Crippen LogP contribution in [0.25, 0.3) is 0 Å². The number of rotatable bonds is 8. The molecule has 0 heterocycles. The third-order valence-corrected chi connectivity index (χ3v) is 6.04. The Balaban J connectivity index is 1.86. The molecule has 0 aromatic heterocycles. The summed E-state index contributed by atoms with van der Waals surface area (Å²) in [5, 5.41) is 13.6. The van der Waals surface area contributed by atoms with Crippen LogP contribution in [0, 0.1) is 17.0 Å². The number of nitrogens with zero attached hydrogens (tertiary/aromatic N) is 1. The minimum atomic E-state index is -3.97. The average Bonchev–Trinajstić information content (AvgIpc) is 2.74. The standard InChI is InChI=1S/C22H21N3O5S/c1-16-10-12-20(13-11-16)31(29,30)24-21(14-17-6-3-2-4-7-17)22(26)23-18-8-5-9-19(15-18)25(27)28/h2-13,15,21,24H,14H2,1H3,(H,23,26)/t21-/m0/s1. The van der Waals surface area contributed by atoms with E-state index >= 15 is 0 Å². The third-order valence-electron chi connectivity index (χ3n) is 4.55. The van der Waals surface area contributed by atoms with Crippen molar-refractivity contribution >= 4 is 27.3 Å². The van der Waals surface area contributed by atoms with Gasteiger partial charge in [0.2, 0.25) is 15.9 Å². The van der Waals surface area contributed by atoms with E-state index in [1.165, 1.54) is 36.4 Å². The molecule has 0 spiro atoms. The highest BCUT2D eigenvalue weighted by atomic mass is 32.2. The maximum Gasteiger partial charge on any atom is 0.271 e. The third kappa shape index (κ3) is 5.97. The molecule has 0 saturated carbocycles. The molecule has 1 amide bonds. The van der Waals surface area contributed by atoms with E-state index in [0.717, 1.165) is 11.1 Å². The number of hydrogen-bond donors (Lipinski definition) is 2. The Labute approximate surface area is 180 Å². The summed E-state index contributed by atoms with van der Waals surface area (Å²) in [5.74, 6) is -0.625. The summed E-state index contributed by atoms with van der Waals surface area (Å²) in [5.41, 5.74) is 1.68. The minimum absolute atomic E-state index is 0.0410. The van der Waals surface area contributed by atoms with Crippen molar-refractivity contribution in [1.82, 2.24) is 4.72 Å². The quantitative estimate of drug-likeness (QED) is 0.412. The Bertz CT molecular complexity index is 1180. The molecule has 160 valence electrons. The number of nitro benzene ring substituents is 1. The molecule has 3 aromatic rings. The molecule has 3 aromatic carbocycles. The van der Waals surface area contributed by atoms with Gasteiger partial charge >= 0.3 is 0 Å². The van der Waals surface area contributed by atoms with E-state index < -0.39 is 26.9 Å². The molecule has 2 N–H and O–H groups in total. The van der Waals surface area contributed by atoms with Gasteiger partial charge in [-0.05, 0) is 37.1 Å². The van der Waals surface area contributed by atoms with Crippen LogP contribution in [0.3, 0.4) is 0 Å². The molecule has 0 saturated heterocycles. The van der Waals surface area contributed by atoms with Gasteiger partial charge in [-0.25, -0.2) is 8.42 Å². The van der Waals surface area contributed by atoms with Gasteiger partial charge in [0.05, 0.1) is 9.82 Å². The Morgan fingerprint density at radius 2 is 1.68 bits per heavy atom. The van der Waals surface area contributed by atoms with E-state index in [1.807, 2.05) is 13.0 Å². The molecule has 0 aliphatic heterocycles. The summed E-state index contributed by atoms with van der Waals surface area (Å²) in [7, 11) is -3.97. The fraction of sp³-hybridized carbons (Fsp3) is 0.136. The number of nitrogens with one attached hydrogen (secondary N) is 2. The lowest BCUT2D eigenvalue weighted by atomic mass is 10.1. The van der Waals surface area contributed by atoms with Crippen LogP contribution in [-0.4, -0.2) is 25.3 Å². The highest BCUT2D eigenvalue weighted by molar-refractivity contribution is 7.89. The molecule has 3 rings (SSSR count). The number of non-ortho nitro benzene ring substituents is 1. The van der Waals surface area contributed by atoms with Gasteiger partial charge in [0, 0.05) is 17.8 Å². The molecule has 0 unspecified atom stereocenters. The van der Waals surface area contributed by atoms with Gasteiger partial charge in [-0.1, -0.05) is 54.1 Å². The van der Waals surface area contributed by atoms with E-state index in [4.69, 9.17) is 0 Å². The normalized spacial score (nSPS) is 12.2. The molecule has 9 heteroatoms. The van der Waals surface area contributed by atoms with E-state index in [1.54, 1.807) is 36.4 Å². The number of hydrogen-bond acceptors (Lipinski definition) is 5. The van der Waals surface area contributed by atoms with E-state index in [2.05, 4.69) is 10.0 Å². The second kappa shape index (κ2) is 9.50. The Morgan fingerprint density at radius 3 is 2.32 bits per heavy atom. The summed E-state index contributed by atoms with van der Waals surface area (Å²) in [6.07, 6.45) is 0.104. The number of benzene rings is 3. The Kier molecular flexibility index (Phi) is 6.78. The van der Waals surface area contributed by atoms with Gasteiger partial charge in [0.25, 0.3) is 5.69 Å². The SMILES string of the molecule is Cc1ccc(S(=O)(=O)N[C@@H](Cc2ccccc2)C(=O)Nc2cccc([N+](=O)[O-])c2)cc1. The monoisotopic (exact) mass is 439 g/mol. The lowest BCUT2D eigenvalue weighted by Crippen LogP contribution is -2.45. The van der Waals surface area contributed by atoms with Crippen LogP contribution in [0.1, 0.15) is 11.1 Å². The first-order valence-electron chi connectivity index (χ1n) is 9.43. The Hall–Kier alpha value is -3.56. The van der Waals surface area contributed by atoms with Gasteiger partial charge < -0.3 is 5.32 Å². The predicted octanol–water partition coefficient (Wildman–Crippen LogP) is 3.43. The number of nitro groups is 1. The van der Waals surface area contributed by atoms with E-state index in [-0.39, 0.29) is 22.7 Å². The van der Waals surface area contributed by atoms with Crippen molar-refractivity contribution in [2.45, 2.75) is 24.3 Å². The second-order valence-corrected chi connectivity index (χ2v) is 8.69. The highest BCUT2D eigenvalue weighted by Gasteiger charge is 2.26. The highest BCUT2D eigenvalue weighted by Crippen LogP contribution is 2.18. The number of carbonyl (C=O) groups is 1. The van der Waals surface area contributed by atoms with Crippen LogP contribution < -0.4 is 10.0 Å². The van der Waals surface area contributed by atoms with Crippen LogP contribution in [0.4, 0.5) is 11.4 Å². The minimum Gasteiger partial charge on any atom is -0.324 e. The van der Waals surface area contributed by atoms with Gasteiger partial charge in [-0.3, -0.25) is 14.9 Å². The van der Waals surface area contributed by atoms with Gasteiger partial charge in [-0.2, -0.15) is 4.72 Å². The number of amides is 1. The maximum atomic E-state index is 13.0. The van der Waals surface area contributed by atoms with Crippen LogP contribution in [-0.2, 0) is 21.2 Å². The van der Waals surface area contributed by atoms with Crippen LogP contribution in [0.5, 0.6) is 0 Å². The average molecular weight is 439 g/mol. The van der Waals surface area contributed by atoms with Crippen molar-refractivity contribution in [2.75, 3.05) is 5.32 Å². The zero-order valence-electron chi connectivity index (χ0n) is 16.7. The van der Waals surface area contributed by atoms with Crippen molar-refractivity contribution in [3.63, 3.8) is 0 Å². The molecular weight excluding hydrogens is 418 g/mol. The second-order valence-electron chi connectivity index (χ2n) is 6.97. The molecule has 31 heavy (non-hydrogen) atoms. The van der Waals surface area contributed by atoms with Crippen molar-refractivity contribution in [3.8, 4) is 0 Å². The molecule has 0 bridgehead atoms. The van der Waals surface area contributed by atoms with Crippen LogP contribution in [0.2, 0.25) is 0 Å². The fourth-order valence-electron chi connectivity index (χ4n) is 2.94. The van der Waals surface area contributed by atoms with E-state index in [0.29, 0.717) is 0 Å². The van der Waals surface area contributed by atoms with Gasteiger partial charge in [-0.15, -0.1) is 0 Å². The fourth-order valence-corrected chi connectivity index (χ4v) is 4.13. The summed E-state index contributed by atoms with van der Waals surface area (Å²) in [4.78, 5) is 23.4. The van der Waals surface area contributed by atoms with Crippen molar-refractivity contribution < 1.29 is 18.1 Å². The summed E-state index contributed by atoms with van der Waals surface area (Å²) >= 11 is 0. The molecule has 1 atom stereocenters. The van der Waals surface area contributed by atoms with Gasteiger partial charge in [0.15, 0.2) is 0 Å². The lowest BCUT2D eigenvalue weighted by Gasteiger charge is -2.19. The van der Waals surface area contributed by atoms with Gasteiger partial charge in [0.1, 0.15) is 6.04 Å². The van der Waals surface area contributed by atoms with Crippen molar-refractivity contribution in [3.05, 3.63) is 100 Å². The molecular formula is C22H21N3O5S. The molecule has 0 radical (unpaired) electrons. The first-order chi connectivity index (χ1) is 14.7. The molecule has 0 aliphatic rings. The zero-order chi connectivity index (χ0) is 22.4. The number of sulfonamides is 1. The molecule has 8 nitrogen and oxygen atoms in total. The first-order valence-corrected chi connectivity index (χ1v) is 10.9. The largest absolute Gasteiger partial charge is 0.324 e. The van der Waals surface area contributed by atoms with Crippen molar-refractivity contribution in [1.29, 1.82) is 0 Å². The topological polar surface area (TPSA) is 118 Å². The Morgan fingerprint density at radius 1 is 1.00 bits per heavy atom. The summed E-state index contributed by atoms with van der Waals surface area (Å²) in [6, 6.07) is 19.6. The maximum absolute atomic E-state index is 13.0. The molecule has 0 aliphatic carbocycles. The number of carbonyl (C=O) groups excluding carboxylic acids is 1. The first kappa shape index (κ1) is 22.1. The lowest BCUT2D eigenvalue weighted by molar-refractivity contribution is -0.384. The van der Waals surface area contributed by atoms with Crippen molar-refractivity contribution in [2.24, 2.45) is 0 Å². The summed E-state index contributed by atoms with van der Waals surface area (Å²) < 4.78 is 28.2. The van der Waals surface area contributed by atoms with Crippen LogP contribution >= 0.6 is 0 Å². The van der Waals surface area contributed by atoms with Crippen LogP contribution in [0.15, 0.2) is 83.8 Å². The number of anilines is 1. The predicted molar refractivity (Wildman–Crippen MR) is 117 cm³/mol. The number of aryl methyl sites for hydroxylation is 1. The summed E-state index contributed by atoms with van der Waals surface area (Å²) in [6.45, 7) is 1.84. The zero-order valence-corrected chi connectivity index (χ0v) is 17.5. The molecule has 0 fully saturated rings. The van der Waals surface area contributed by atoms with E-state index in [9.17, 15) is 23.3 Å².